The van der Waals surface area contributed by atoms with Gasteiger partial charge in [0.1, 0.15) is 5.75 Å². The first kappa shape index (κ1) is 26.0. The van der Waals surface area contributed by atoms with Gasteiger partial charge in [-0.25, -0.2) is 4.79 Å². The van der Waals surface area contributed by atoms with Crippen LogP contribution in [-0.4, -0.2) is 24.7 Å². The number of hydrogen-bond acceptors (Lipinski definition) is 7. The number of aliphatic carboxylic acids is 1. The van der Waals surface area contributed by atoms with Crippen molar-refractivity contribution in [2.24, 2.45) is 0 Å². The summed E-state index contributed by atoms with van der Waals surface area (Å²) in [6.45, 7) is 1.13. The molecule has 204 valence electrons. The highest BCUT2D eigenvalue weighted by Gasteiger charge is 2.23. The molecule has 2 heterocycles. The Morgan fingerprint density at radius 2 is 1.27 bits per heavy atom. The van der Waals surface area contributed by atoms with Crippen LogP contribution in [0.25, 0.3) is 0 Å². The van der Waals surface area contributed by atoms with Gasteiger partial charge >= 0.3 is 5.97 Å². The number of fused-ring (bicyclic) bond motifs is 2. The van der Waals surface area contributed by atoms with E-state index in [1.807, 2.05) is 30.3 Å². The number of anilines is 1. The lowest BCUT2D eigenvalue weighted by Crippen LogP contribution is -2.22. The van der Waals surface area contributed by atoms with Crippen molar-refractivity contribution in [1.29, 1.82) is 0 Å². The molecule has 40 heavy (non-hydrogen) atoms. The summed E-state index contributed by atoms with van der Waals surface area (Å²) >= 11 is 13.2. The molecule has 2 aliphatic rings. The van der Waals surface area contributed by atoms with Crippen LogP contribution in [-0.2, 0) is 17.9 Å². The Morgan fingerprint density at radius 1 is 0.775 bits per heavy atom. The van der Waals surface area contributed by atoms with E-state index in [-0.39, 0.29) is 13.6 Å². The third-order valence-corrected chi connectivity index (χ3v) is 7.29. The average Bonchev–Trinajstić information content (AvgIpc) is 3.61. The van der Waals surface area contributed by atoms with E-state index in [2.05, 4.69) is 4.90 Å². The number of halogens is 2. The Morgan fingerprint density at radius 3 is 1.77 bits per heavy atom. The van der Waals surface area contributed by atoms with Crippen LogP contribution in [0.3, 0.4) is 0 Å². The molecule has 0 spiro atoms. The highest BCUT2D eigenvalue weighted by atomic mass is 35.5. The summed E-state index contributed by atoms with van der Waals surface area (Å²) in [6, 6.07) is 23.3. The molecular formula is C30H23Cl2NO7. The van der Waals surface area contributed by atoms with Crippen molar-refractivity contribution in [1.82, 2.24) is 0 Å². The monoisotopic (exact) mass is 579 g/mol. The summed E-state index contributed by atoms with van der Waals surface area (Å²) < 4.78 is 27.9. The first-order valence-corrected chi connectivity index (χ1v) is 13.2. The van der Waals surface area contributed by atoms with E-state index in [4.69, 9.17) is 46.9 Å². The summed E-state index contributed by atoms with van der Waals surface area (Å²) in [5, 5.41) is 10.8. The van der Waals surface area contributed by atoms with Gasteiger partial charge in [-0.2, -0.15) is 0 Å². The van der Waals surface area contributed by atoms with Gasteiger partial charge in [-0.05, 0) is 47.5 Å². The largest absolute Gasteiger partial charge is 0.478 e. The molecule has 0 unspecified atom stereocenters. The molecule has 0 saturated carbocycles. The maximum Gasteiger partial charge on any atom is 0.349 e. The highest BCUT2D eigenvalue weighted by molar-refractivity contribution is 6.32. The van der Waals surface area contributed by atoms with Crippen molar-refractivity contribution in [3.05, 3.63) is 106 Å². The van der Waals surface area contributed by atoms with E-state index >= 15 is 0 Å². The van der Waals surface area contributed by atoms with Gasteiger partial charge in [0.2, 0.25) is 19.7 Å². The first-order valence-electron chi connectivity index (χ1n) is 12.4. The van der Waals surface area contributed by atoms with Crippen molar-refractivity contribution in [2.75, 3.05) is 18.5 Å². The topological polar surface area (TPSA) is 86.7 Å². The van der Waals surface area contributed by atoms with Gasteiger partial charge in [0, 0.05) is 46.5 Å². The van der Waals surface area contributed by atoms with Crippen LogP contribution in [0.1, 0.15) is 22.8 Å². The highest BCUT2D eigenvalue weighted by Crippen LogP contribution is 2.40. The fraction of sp³-hybridized carbons (Fsp3) is 0.167. The molecular weight excluding hydrogens is 557 g/mol. The van der Waals surface area contributed by atoms with E-state index in [1.165, 1.54) is 0 Å². The van der Waals surface area contributed by atoms with Crippen LogP contribution >= 0.6 is 23.2 Å². The van der Waals surface area contributed by atoms with Gasteiger partial charge in [0.05, 0.1) is 0 Å². The summed E-state index contributed by atoms with van der Waals surface area (Å²) in [5.74, 6) is 1.81. The lowest BCUT2D eigenvalue weighted by Gasteiger charge is -2.27. The molecule has 4 aromatic carbocycles. The smallest absolute Gasteiger partial charge is 0.349 e. The van der Waals surface area contributed by atoms with E-state index in [0.717, 1.165) is 16.8 Å². The van der Waals surface area contributed by atoms with Gasteiger partial charge in [0.25, 0.3) is 0 Å². The lowest BCUT2D eigenvalue weighted by molar-refractivity contribution is -0.145. The number of rotatable bonds is 9. The Bertz CT molecular complexity index is 1480. The van der Waals surface area contributed by atoms with Crippen LogP contribution < -0.4 is 28.6 Å². The van der Waals surface area contributed by atoms with Gasteiger partial charge in [-0.3, -0.25) is 0 Å². The predicted molar refractivity (Wildman–Crippen MR) is 149 cm³/mol. The minimum atomic E-state index is -1.14. The van der Waals surface area contributed by atoms with Crippen LogP contribution in [0.15, 0.2) is 78.9 Å². The molecule has 0 fully saturated rings. The van der Waals surface area contributed by atoms with Gasteiger partial charge in [-0.15, -0.1) is 0 Å². The minimum Gasteiger partial charge on any atom is -0.478 e. The molecule has 2 aliphatic heterocycles. The number of nitrogens with zero attached hydrogens (tertiary/aromatic N) is 1. The Balaban J connectivity index is 1.30. The molecule has 0 aromatic heterocycles. The van der Waals surface area contributed by atoms with E-state index < -0.39 is 12.1 Å². The van der Waals surface area contributed by atoms with Crippen LogP contribution in [0.2, 0.25) is 10.0 Å². The summed E-state index contributed by atoms with van der Waals surface area (Å²) in [5.41, 5.74) is 3.05. The number of benzene rings is 4. The molecule has 0 amide bonds. The third kappa shape index (κ3) is 5.41. The number of ether oxygens (including phenoxy) is 5. The fourth-order valence-corrected chi connectivity index (χ4v) is 5.00. The molecule has 1 atom stereocenters. The summed E-state index contributed by atoms with van der Waals surface area (Å²) in [7, 11) is 0. The maximum absolute atomic E-state index is 11.9. The second kappa shape index (κ2) is 11.1. The van der Waals surface area contributed by atoms with Gasteiger partial charge in [0.15, 0.2) is 23.0 Å². The van der Waals surface area contributed by atoms with Crippen molar-refractivity contribution in [2.45, 2.75) is 19.2 Å². The zero-order chi connectivity index (χ0) is 27.6. The van der Waals surface area contributed by atoms with Crippen molar-refractivity contribution in [3.63, 3.8) is 0 Å². The summed E-state index contributed by atoms with van der Waals surface area (Å²) in [4.78, 5) is 14.0. The zero-order valence-electron chi connectivity index (χ0n) is 21.0. The SMILES string of the molecule is O=C(O)[C@@H](Oc1ccc(N(Cc2cc3c(cc2Cl)OCO3)Cc2cc3c(cc2Cl)OCO3)cc1)c1ccccc1. The van der Waals surface area contributed by atoms with E-state index in [0.29, 0.717) is 57.4 Å². The van der Waals surface area contributed by atoms with Crippen molar-refractivity contribution in [3.8, 4) is 28.7 Å². The second-order valence-electron chi connectivity index (χ2n) is 9.19. The summed E-state index contributed by atoms with van der Waals surface area (Å²) in [6.07, 6.45) is -1.14. The van der Waals surface area contributed by atoms with E-state index in [1.54, 1.807) is 48.5 Å². The third-order valence-electron chi connectivity index (χ3n) is 6.59. The molecule has 6 rings (SSSR count). The van der Waals surface area contributed by atoms with Crippen LogP contribution in [0, 0.1) is 0 Å². The maximum atomic E-state index is 11.9. The molecule has 8 nitrogen and oxygen atoms in total. The van der Waals surface area contributed by atoms with Gasteiger partial charge in [-0.1, -0.05) is 53.5 Å². The van der Waals surface area contributed by atoms with E-state index in [9.17, 15) is 9.90 Å². The van der Waals surface area contributed by atoms with Crippen molar-refractivity contribution >= 4 is 34.9 Å². The van der Waals surface area contributed by atoms with Crippen LogP contribution in [0.4, 0.5) is 5.69 Å². The molecule has 0 bridgehead atoms. The van der Waals surface area contributed by atoms with Crippen molar-refractivity contribution < 1.29 is 33.6 Å². The molecule has 0 radical (unpaired) electrons. The number of carboxylic acids is 1. The lowest BCUT2D eigenvalue weighted by atomic mass is 10.1. The molecule has 4 aromatic rings. The Labute approximate surface area is 240 Å². The Kier molecular flexibility index (Phi) is 7.19. The number of carboxylic acid groups (broad SMARTS) is 1. The number of carbonyl (C=O) groups is 1. The van der Waals surface area contributed by atoms with Crippen LogP contribution in [0.5, 0.6) is 28.7 Å². The fourth-order valence-electron chi connectivity index (χ4n) is 4.57. The molecule has 10 heteroatoms. The molecule has 0 saturated heterocycles. The quantitative estimate of drug-likeness (QED) is 0.230. The number of hydrogen-bond donors (Lipinski definition) is 1. The standard InChI is InChI=1S/C30H23Cl2NO7/c31-23-12-27-25(36-16-38-27)10-19(23)14-33(15-20-11-26-28(13-24(20)32)39-17-37-26)21-6-8-22(9-7-21)40-29(30(34)35)18-4-2-1-3-5-18/h1-13,29H,14-17H2,(H,34,35)/t29-/m0/s1. The molecule has 0 aliphatic carbocycles. The predicted octanol–water partition coefficient (Wildman–Crippen LogP) is 6.86. The Hall–Kier alpha value is -4.27. The second-order valence-corrected chi connectivity index (χ2v) is 10.0. The molecule has 1 N–H and O–H groups in total. The van der Waals surface area contributed by atoms with Gasteiger partial charge < -0.3 is 33.7 Å². The minimum absolute atomic E-state index is 0.146. The average molecular weight is 580 g/mol. The normalized spacial score (nSPS) is 13.7. The zero-order valence-corrected chi connectivity index (χ0v) is 22.5. The first-order chi connectivity index (χ1) is 19.4.